The zero-order chi connectivity index (χ0) is 14.5. The van der Waals surface area contributed by atoms with Crippen LogP contribution in [0, 0.1) is 6.92 Å². The number of pyridine rings is 1. The van der Waals surface area contributed by atoms with E-state index in [-0.39, 0.29) is 6.04 Å². The van der Waals surface area contributed by atoms with Crippen LogP contribution < -0.4 is 10.1 Å². The van der Waals surface area contributed by atoms with Crippen molar-refractivity contribution in [3.8, 4) is 5.75 Å². The standard InChI is InChI=1S/C16H19BrN2O/c1-11-4-6-14(19-9-11)10-18-12(2)13-5-7-16(20-3)15(17)8-13/h4-9,12,18H,10H2,1-3H3. The summed E-state index contributed by atoms with van der Waals surface area (Å²) < 4.78 is 6.21. The zero-order valence-corrected chi connectivity index (χ0v) is 13.6. The van der Waals surface area contributed by atoms with Gasteiger partial charge in [-0.3, -0.25) is 4.98 Å². The predicted octanol–water partition coefficient (Wildman–Crippen LogP) is 4.01. The molecule has 1 N–H and O–H groups in total. The fourth-order valence-corrected chi connectivity index (χ4v) is 2.49. The van der Waals surface area contributed by atoms with Crippen molar-refractivity contribution in [2.24, 2.45) is 0 Å². The summed E-state index contributed by atoms with van der Waals surface area (Å²) in [6, 6.07) is 10.5. The maximum absolute atomic E-state index is 5.24. The first-order valence-corrected chi connectivity index (χ1v) is 7.38. The van der Waals surface area contributed by atoms with Crippen molar-refractivity contribution in [2.45, 2.75) is 26.4 Å². The van der Waals surface area contributed by atoms with Gasteiger partial charge in [0.05, 0.1) is 17.3 Å². The van der Waals surface area contributed by atoms with Gasteiger partial charge in [0.15, 0.2) is 0 Å². The van der Waals surface area contributed by atoms with E-state index in [4.69, 9.17) is 4.74 Å². The van der Waals surface area contributed by atoms with Crippen LogP contribution in [0.1, 0.15) is 29.8 Å². The highest BCUT2D eigenvalue weighted by Gasteiger charge is 2.08. The van der Waals surface area contributed by atoms with Gasteiger partial charge in [0.25, 0.3) is 0 Å². The molecule has 2 rings (SSSR count). The van der Waals surface area contributed by atoms with Crippen molar-refractivity contribution in [3.63, 3.8) is 0 Å². The molecule has 0 amide bonds. The maximum atomic E-state index is 5.24. The Morgan fingerprint density at radius 2 is 2.10 bits per heavy atom. The van der Waals surface area contributed by atoms with Crippen LogP contribution in [0.15, 0.2) is 41.0 Å². The van der Waals surface area contributed by atoms with Crippen molar-refractivity contribution in [1.29, 1.82) is 0 Å². The highest BCUT2D eigenvalue weighted by atomic mass is 79.9. The minimum absolute atomic E-state index is 0.250. The van der Waals surface area contributed by atoms with Crippen LogP contribution in [0.3, 0.4) is 0 Å². The van der Waals surface area contributed by atoms with Gasteiger partial charge < -0.3 is 10.1 Å². The second-order valence-electron chi connectivity index (χ2n) is 4.82. The average Bonchev–Trinajstić information content (AvgIpc) is 2.46. The van der Waals surface area contributed by atoms with E-state index >= 15 is 0 Å². The Morgan fingerprint density at radius 3 is 2.70 bits per heavy atom. The van der Waals surface area contributed by atoms with Crippen LogP contribution in [0.2, 0.25) is 0 Å². The van der Waals surface area contributed by atoms with Crippen molar-refractivity contribution in [2.75, 3.05) is 7.11 Å². The number of hydrogen-bond acceptors (Lipinski definition) is 3. The van der Waals surface area contributed by atoms with Crippen LogP contribution in [-0.2, 0) is 6.54 Å². The van der Waals surface area contributed by atoms with E-state index in [0.717, 1.165) is 22.5 Å². The lowest BCUT2D eigenvalue weighted by Gasteiger charge is -2.15. The molecule has 0 aliphatic heterocycles. The number of aryl methyl sites for hydroxylation is 1. The number of aromatic nitrogens is 1. The van der Waals surface area contributed by atoms with E-state index in [1.54, 1.807) is 7.11 Å². The van der Waals surface area contributed by atoms with Crippen molar-refractivity contribution in [1.82, 2.24) is 10.3 Å². The summed E-state index contributed by atoms with van der Waals surface area (Å²) in [5.74, 6) is 0.848. The summed E-state index contributed by atoms with van der Waals surface area (Å²) in [6.07, 6.45) is 1.89. The van der Waals surface area contributed by atoms with Gasteiger partial charge >= 0.3 is 0 Å². The fourth-order valence-electron chi connectivity index (χ4n) is 1.93. The lowest BCUT2D eigenvalue weighted by Crippen LogP contribution is -2.18. The Kier molecular flexibility index (Phi) is 5.15. The molecule has 1 aromatic carbocycles. The van der Waals surface area contributed by atoms with Gasteiger partial charge in [-0.2, -0.15) is 0 Å². The van der Waals surface area contributed by atoms with Crippen molar-refractivity contribution < 1.29 is 4.74 Å². The molecule has 0 bridgehead atoms. The number of nitrogens with zero attached hydrogens (tertiary/aromatic N) is 1. The molecule has 1 atom stereocenters. The Morgan fingerprint density at radius 1 is 1.30 bits per heavy atom. The molecule has 0 radical (unpaired) electrons. The Labute approximate surface area is 128 Å². The Hall–Kier alpha value is -1.39. The minimum atomic E-state index is 0.250. The summed E-state index contributed by atoms with van der Waals surface area (Å²) in [7, 11) is 1.67. The third-order valence-electron chi connectivity index (χ3n) is 3.24. The summed E-state index contributed by atoms with van der Waals surface area (Å²) in [4.78, 5) is 4.40. The first-order valence-electron chi connectivity index (χ1n) is 6.58. The van der Waals surface area contributed by atoms with E-state index in [1.165, 1.54) is 11.1 Å². The molecule has 0 saturated carbocycles. The van der Waals surface area contributed by atoms with Gasteiger partial charge in [-0.1, -0.05) is 12.1 Å². The number of nitrogens with one attached hydrogen (secondary N) is 1. The second-order valence-corrected chi connectivity index (χ2v) is 5.68. The third-order valence-corrected chi connectivity index (χ3v) is 3.86. The molecular weight excluding hydrogens is 316 g/mol. The van der Waals surface area contributed by atoms with Crippen molar-refractivity contribution >= 4 is 15.9 Å². The number of benzene rings is 1. The lowest BCUT2D eigenvalue weighted by atomic mass is 10.1. The topological polar surface area (TPSA) is 34.1 Å². The van der Waals surface area contributed by atoms with E-state index < -0.39 is 0 Å². The van der Waals surface area contributed by atoms with Gasteiger partial charge in [-0.15, -0.1) is 0 Å². The number of rotatable bonds is 5. The first kappa shape index (κ1) is 15.0. The molecule has 0 fully saturated rings. The highest BCUT2D eigenvalue weighted by Crippen LogP contribution is 2.28. The molecule has 0 aliphatic carbocycles. The summed E-state index contributed by atoms with van der Waals surface area (Å²) >= 11 is 3.51. The smallest absolute Gasteiger partial charge is 0.133 e. The van der Waals surface area contributed by atoms with Gasteiger partial charge in [-0.05, 0) is 59.1 Å². The number of ether oxygens (including phenoxy) is 1. The van der Waals surface area contributed by atoms with Crippen molar-refractivity contribution in [3.05, 3.63) is 57.8 Å². The van der Waals surface area contributed by atoms with Crippen LogP contribution in [0.5, 0.6) is 5.75 Å². The highest BCUT2D eigenvalue weighted by molar-refractivity contribution is 9.10. The largest absolute Gasteiger partial charge is 0.496 e. The van der Waals surface area contributed by atoms with Crippen LogP contribution in [0.25, 0.3) is 0 Å². The first-order chi connectivity index (χ1) is 9.60. The predicted molar refractivity (Wildman–Crippen MR) is 84.9 cm³/mol. The second kappa shape index (κ2) is 6.86. The quantitative estimate of drug-likeness (QED) is 0.896. The van der Waals surface area contributed by atoms with Crippen LogP contribution >= 0.6 is 15.9 Å². The molecule has 0 saturated heterocycles. The summed E-state index contributed by atoms with van der Waals surface area (Å²) in [5.41, 5.74) is 3.45. The van der Waals surface area contributed by atoms with Gasteiger partial charge in [0.1, 0.15) is 5.75 Å². The molecule has 0 spiro atoms. The van der Waals surface area contributed by atoms with E-state index in [2.05, 4.69) is 57.4 Å². The summed E-state index contributed by atoms with van der Waals surface area (Å²) in [6.45, 7) is 4.94. The monoisotopic (exact) mass is 334 g/mol. The Balaban J connectivity index is 1.99. The molecule has 20 heavy (non-hydrogen) atoms. The SMILES string of the molecule is COc1ccc(C(C)NCc2ccc(C)cn2)cc1Br. The Bertz CT molecular complexity index is 569. The maximum Gasteiger partial charge on any atom is 0.133 e. The van der Waals surface area contributed by atoms with E-state index in [0.29, 0.717) is 0 Å². The van der Waals surface area contributed by atoms with E-state index in [9.17, 15) is 0 Å². The molecular formula is C16H19BrN2O. The van der Waals surface area contributed by atoms with Gasteiger partial charge in [0, 0.05) is 18.8 Å². The average molecular weight is 335 g/mol. The summed E-state index contributed by atoms with van der Waals surface area (Å²) in [5, 5.41) is 3.48. The van der Waals surface area contributed by atoms with Gasteiger partial charge in [-0.25, -0.2) is 0 Å². The van der Waals surface area contributed by atoms with E-state index in [1.807, 2.05) is 19.2 Å². The minimum Gasteiger partial charge on any atom is -0.496 e. The molecule has 1 unspecified atom stereocenters. The molecule has 3 nitrogen and oxygen atoms in total. The molecule has 2 aromatic rings. The van der Waals surface area contributed by atoms with Crippen LogP contribution in [0.4, 0.5) is 0 Å². The number of methoxy groups -OCH3 is 1. The molecule has 106 valence electrons. The van der Waals surface area contributed by atoms with Crippen LogP contribution in [-0.4, -0.2) is 12.1 Å². The fraction of sp³-hybridized carbons (Fsp3) is 0.312. The van der Waals surface area contributed by atoms with Gasteiger partial charge in [0.2, 0.25) is 0 Å². The third kappa shape index (κ3) is 3.81. The molecule has 1 heterocycles. The number of hydrogen-bond donors (Lipinski definition) is 1. The molecule has 1 aromatic heterocycles. The lowest BCUT2D eigenvalue weighted by molar-refractivity contribution is 0.411. The zero-order valence-electron chi connectivity index (χ0n) is 12.0. The molecule has 0 aliphatic rings. The molecule has 4 heteroatoms. The number of halogens is 1. The normalized spacial score (nSPS) is 12.2.